The fourth-order valence-electron chi connectivity index (χ4n) is 2.89. The van der Waals surface area contributed by atoms with E-state index in [2.05, 4.69) is 41.7 Å². The molecule has 8 heteroatoms. The zero-order valence-electron chi connectivity index (χ0n) is 18.3. The van der Waals surface area contributed by atoms with Crippen LogP contribution in [0, 0.1) is 0 Å². The van der Waals surface area contributed by atoms with Crippen LogP contribution < -0.4 is 20.1 Å². The summed E-state index contributed by atoms with van der Waals surface area (Å²) in [5.74, 6) is 2.33. The predicted molar refractivity (Wildman–Crippen MR) is 117 cm³/mol. The maximum Gasteiger partial charge on any atom is 0.191 e. The third kappa shape index (κ3) is 7.30. The summed E-state index contributed by atoms with van der Waals surface area (Å²) >= 11 is 0. The molecule has 0 aliphatic carbocycles. The van der Waals surface area contributed by atoms with Crippen molar-refractivity contribution in [2.75, 3.05) is 40.8 Å². The quantitative estimate of drug-likeness (QED) is 0.468. The Morgan fingerprint density at radius 3 is 2.66 bits per heavy atom. The van der Waals surface area contributed by atoms with E-state index in [0.717, 1.165) is 29.6 Å². The van der Waals surface area contributed by atoms with Crippen LogP contribution in [0.2, 0.25) is 0 Å². The molecule has 2 aromatic rings. The minimum Gasteiger partial charge on any atom is -0.497 e. The van der Waals surface area contributed by atoms with Crippen molar-refractivity contribution in [3.05, 3.63) is 42.2 Å². The summed E-state index contributed by atoms with van der Waals surface area (Å²) in [6, 6.07) is 7.78. The normalized spacial score (nSPS) is 13.8. The molecule has 29 heavy (non-hydrogen) atoms. The fourth-order valence-corrected chi connectivity index (χ4v) is 2.89. The summed E-state index contributed by atoms with van der Waals surface area (Å²) in [5, 5.41) is 10.9. The number of methoxy groups -OCH3 is 1. The molecular weight excluding hydrogens is 368 g/mol. The van der Waals surface area contributed by atoms with E-state index in [1.807, 2.05) is 55.3 Å². The van der Waals surface area contributed by atoms with Crippen LogP contribution in [0.25, 0.3) is 0 Å². The lowest BCUT2D eigenvalue weighted by atomic mass is 10.1. The van der Waals surface area contributed by atoms with Gasteiger partial charge in [0.1, 0.15) is 17.6 Å². The third-order valence-corrected chi connectivity index (χ3v) is 4.43. The molecule has 1 aromatic heterocycles. The number of aliphatic imine (C=N–C) groups is 1. The van der Waals surface area contributed by atoms with E-state index in [4.69, 9.17) is 14.5 Å². The number of guanidine groups is 1. The van der Waals surface area contributed by atoms with E-state index in [9.17, 15) is 0 Å². The lowest BCUT2D eigenvalue weighted by Crippen LogP contribution is -2.42. The predicted octanol–water partition coefficient (Wildman–Crippen LogP) is 2.05. The minimum atomic E-state index is -0.0334. The molecule has 160 valence electrons. The fraction of sp³-hybridized carbons (Fsp3) is 0.524. The lowest BCUT2D eigenvalue weighted by molar-refractivity contribution is 0.223. The van der Waals surface area contributed by atoms with Crippen molar-refractivity contribution in [1.29, 1.82) is 0 Å². The van der Waals surface area contributed by atoms with Crippen LogP contribution in [0.5, 0.6) is 11.5 Å². The Labute approximate surface area is 173 Å². The second-order valence-corrected chi connectivity index (χ2v) is 7.13. The van der Waals surface area contributed by atoms with Crippen LogP contribution in [-0.4, -0.2) is 67.6 Å². The standard InChI is InChI=1S/C21H34N6O2/c1-7-22-21(24-14-20(26(3)4)17-13-25-27(5)15-17)23-12-16(2)29-19-10-8-9-18(11-19)28-6/h8-11,13,15-16,20H,7,12,14H2,1-6H3,(H2,22,23,24). The Balaban J connectivity index is 1.95. The minimum absolute atomic E-state index is 0.0334. The van der Waals surface area contributed by atoms with Gasteiger partial charge in [-0.1, -0.05) is 6.07 Å². The van der Waals surface area contributed by atoms with Gasteiger partial charge >= 0.3 is 0 Å². The van der Waals surface area contributed by atoms with Gasteiger partial charge in [0, 0.05) is 31.4 Å². The summed E-state index contributed by atoms with van der Waals surface area (Å²) in [6.45, 7) is 6.12. The molecule has 0 saturated heterocycles. The second-order valence-electron chi connectivity index (χ2n) is 7.13. The molecule has 8 nitrogen and oxygen atoms in total. The zero-order chi connectivity index (χ0) is 21.2. The third-order valence-electron chi connectivity index (χ3n) is 4.43. The summed E-state index contributed by atoms with van der Waals surface area (Å²) < 4.78 is 13.0. The molecular formula is C21H34N6O2. The molecule has 1 heterocycles. The molecule has 0 spiro atoms. The van der Waals surface area contributed by atoms with Crippen molar-refractivity contribution in [2.45, 2.75) is 26.0 Å². The Hall–Kier alpha value is -2.74. The molecule has 1 aromatic carbocycles. The number of nitrogens with one attached hydrogen (secondary N) is 2. The van der Waals surface area contributed by atoms with Crippen molar-refractivity contribution in [3.8, 4) is 11.5 Å². The molecule has 0 aliphatic rings. The maximum atomic E-state index is 5.98. The van der Waals surface area contributed by atoms with Crippen molar-refractivity contribution < 1.29 is 9.47 Å². The second kappa shape index (κ2) is 11.3. The summed E-state index contributed by atoms with van der Waals surface area (Å²) in [4.78, 5) is 6.92. The van der Waals surface area contributed by atoms with E-state index in [1.54, 1.807) is 7.11 Å². The largest absolute Gasteiger partial charge is 0.497 e. The number of benzene rings is 1. The first-order valence-corrected chi connectivity index (χ1v) is 9.90. The highest BCUT2D eigenvalue weighted by molar-refractivity contribution is 5.79. The van der Waals surface area contributed by atoms with Gasteiger partial charge in [0.2, 0.25) is 0 Å². The molecule has 2 atom stereocenters. The van der Waals surface area contributed by atoms with E-state index < -0.39 is 0 Å². The molecule has 0 aliphatic heterocycles. The van der Waals surface area contributed by atoms with Crippen LogP contribution >= 0.6 is 0 Å². The van der Waals surface area contributed by atoms with Crippen molar-refractivity contribution in [1.82, 2.24) is 25.3 Å². The summed E-state index contributed by atoms with van der Waals surface area (Å²) in [7, 11) is 7.68. The number of rotatable bonds is 10. The van der Waals surface area contributed by atoms with E-state index >= 15 is 0 Å². The Kier molecular flexibility index (Phi) is 8.79. The maximum absolute atomic E-state index is 5.98. The van der Waals surface area contributed by atoms with Gasteiger partial charge in [0.05, 0.1) is 32.4 Å². The Bertz CT molecular complexity index is 774. The summed E-state index contributed by atoms with van der Waals surface area (Å²) in [5.41, 5.74) is 1.15. The van der Waals surface area contributed by atoms with Gasteiger partial charge in [-0.25, -0.2) is 0 Å². The van der Waals surface area contributed by atoms with Gasteiger partial charge in [-0.05, 0) is 40.1 Å². The first-order valence-electron chi connectivity index (χ1n) is 9.90. The van der Waals surface area contributed by atoms with E-state index in [1.165, 1.54) is 0 Å². The molecule has 0 radical (unpaired) electrons. The van der Waals surface area contributed by atoms with Crippen LogP contribution in [0.4, 0.5) is 0 Å². The van der Waals surface area contributed by atoms with Crippen LogP contribution in [0.15, 0.2) is 41.7 Å². The molecule has 0 fully saturated rings. The molecule has 0 saturated carbocycles. The number of aryl methyl sites for hydroxylation is 1. The molecule has 2 rings (SSSR count). The SMILES string of the molecule is CCNC(=NCC(c1cnn(C)c1)N(C)C)NCC(C)Oc1cccc(OC)c1. The first kappa shape index (κ1) is 22.5. The Morgan fingerprint density at radius 2 is 2.03 bits per heavy atom. The number of ether oxygens (including phenoxy) is 2. The van der Waals surface area contributed by atoms with Crippen LogP contribution in [-0.2, 0) is 7.05 Å². The summed E-state index contributed by atoms with van der Waals surface area (Å²) in [6.07, 6.45) is 3.89. The number of aromatic nitrogens is 2. The molecule has 2 unspecified atom stereocenters. The smallest absolute Gasteiger partial charge is 0.191 e. The van der Waals surface area contributed by atoms with Gasteiger partial charge in [-0.15, -0.1) is 0 Å². The topological polar surface area (TPSA) is 75.9 Å². The van der Waals surface area contributed by atoms with Gasteiger partial charge in [0.25, 0.3) is 0 Å². The monoisotopic (exact) mass is 402 g/mol. The van der Waals surface area contributed by atoms with Gasteiger partial charge in [0.15, 0.2) is 5.96 Å². The molecule has 0 bridgehead atoms. The van der Waals surface area contributed by atoms with Gasteiger partial charge in [-0.3, -0.25) is 9.67 Å². The highest BCUT2D eigenvalue weighted by atomic mass is 16.5. The Morgan fingerprint density at radius 1 is 1.28 bits per heavy atom. The average Bonchev–Trinajstić information content (AvgIpc) is 3.12. The number of hydrogen-bond donors (Lipinski definition) is 2. The average molecular weight is 403 g/mol. The number of likely N-dealkylation sites (N-methyl/N-ethyl adjacent to an activating group) is 1. The van der Waals surface area contributed by atoms with Gasteiger partial charge < -0.3 is 25.0 Å². The number of hydrogen-bond acceptors (Lipinski definition) is 5. The zero-order valence-corrected chi connectivity index (χ0v) is 18.3. The first-order chi connectivity index (χ1) is 13.9. The number of nitrogens with zero attached hydrogens (tertiary/aromatic N) is 4. The van der Waals surface area contributed by atoms with E-state index in [-0.39, 0.29) is 12.1 Å². The van der Waals surface area contributed by atoms with Crippen molar-refractivity contribution >= 4 is 5.96 Å². The van der Waals surface area contributed by atoms with E-state index in [0.29, 0.717) is 13.1 Å². The van der Waals surface area contributed by atoms with Crippen LogP contribution in [0.3, 0.4) is 0 Å². The van der Waals surface area contributed by atoms with Crippen molar-refractivity contribution in [2.24, 2.45) is 12.0 Å². The van der Waals surface area contributed by atoms with Crippen molar-refractivity contribution in [3.63, 3.8) is 0 Å². The molecule has 0 amide bonds. The van der Waals surface area contributed by atoms with Gasteiger partial charge in [-0.2, -0.15) is 5.10 Å². The highest BCUT2D eigenvalue weighted by Crippen LogP contribution is 2.20. The highest BCUT2D eigenvalue weighted by Gasteiger charge is 2.16. The molecule has 2 N–H and O–H groups in total. The lowest BCUT2D eigenvalue weighted by Gasteiger charge is -2.22. The van der Waals surface area contributed by atoms with Crippen LogP contribution in [0.1, 0.15) is 25.5 Å².